The average Bonchev–Trinajstić information content (AvgIpc) is 2.28. The first-order valence-corrected chi connectivity index (χ1v) is 4.33. The molecule has 1 aliphatic rings. The van der Waals surface area contributed by atoms with Gasteiger partial charge in [-0.2, -0.15) is 0 Å². The molecule has 1 fully saturated rings. The van der Waals surface area contributed by atoms with E-state index in [0.29, 0.717) is 19.4 Å². The lowest BCUT2D eigenvalue weighted by molar-refractivity contribution is 0.103. The molecule has 2 N–H and O–H groups in total. The zero-order chi connectivity index (χ0) is 10.6. The van der Waals surface area contributed by atoms with Crippen LogP contribution in [0.2, 0.25) is 0 Å². The summed E-state index contributed by atoms with van der Waals surface area (Å²) in [5.41, 5.74) is 8.22. The van der Waals surface area contributed by atoms with E-state index in [1.54, 1.807) is 0 Å². The molecule has 7 nitrogen and oxygen atoms in total. The van der Waals surface area contributed by atoms with E-state index in [1.807, 2.05) is 0 Å². The topological polar surface area (TPSA) is 110 Å². The van der Waals surface area contributed by atoms with Gasteiger partial charge in [0, 0.05) is 24.0 Å². The summed E-state index contributed by atoms with van der Waals surface area (Å²) in [5, 5.41) is 21.6. The summed E-state index contributed by atoms with van der Waals surface area (Å²) in [6, 6.07) is -0.306. The minimum absolute atomic E-state index is 0.0901. The van der Waals surface area contributed by atoms with Crippen LogP contribution in [-0.2, 0) is 0 Å². The molecule has 0 saturated carbocycles. The van der Waals surface area contributed by atoms with Gasteiger partial charge >= 0.3 is 6.09 Å². The molecule has 0 bridgehead atoms. The number of aliphatic hydroxyl groups excluding tert-OH is 1. The van der Waals surface area contributed by atoms with E-state index in [0.717, 1.165) is 4.90 Å². The maximum Gasteiger partial charge on any atom is 0.407 e. The van der Waals surface area contributed by atoms with Crippen molar-refractivity contribution >= 4 is 6.09 Å². The summed E-state index contributed by atoms with van der Waals surface area (Å²) in [7, 11) is 0. The number of aliphatic hydroxyl groups is 1. The summed E-state index contributed by atoms with van der Waals surface area (Å²) >= 11 is 0. The Labute approximate surface area is 80.6 Å². The van der Waals surface area contributed by atoms with Crippen LogP contribution >= 0.6 is 0 Å². The van der Waals surface area contributed by atoms with Crippen molar-refractivity contribution in [3.8, 4) is 0 Å². The highest BCUT2D eigenvalue weighted by atomic mass is 16.4. The number of carboxylic acid groups (broad SMARTS) is 1. The van der Waals surface area contributed by atoms with Crippen molar-refractivity contribution in [3.05, 3.63) is 10.4 Å². The number of β-amino-alcohol motifs (C(OH)–C–C–N with tert-alkyl or cyclic N) is 1. The Kier molecular flexibility index (Phi) is 3.55. The second kappa shape index (κ2) is 4.69. The van der Waals surface area contributed by atoms with Crippen molar-refractivity contribution < 1.29 is 15.0 Å². The van der Waals surface area contributed by atoms with Crippen molar-refractivity contribution in [2.45, 2.75) is 25.0 Å². The third kappa shape index (κ3) is 2.79. The van der Waals surface area contributed by atoms with E-state index in [1.165, 1.54) is 0 Å². The van der Waals surface area contributed by atoms with Gasteiger partial charge in [-0.05, 0) is 18.4 Å². The Morgan fingerprint density at radius 3 is 2.93 bits per heavy atom. The van der Waals surface area contributed by atoms with Crippen LogP contribution in [0.15, 0.2) is 5.11 Å². The number of amides is 1. The third-order valence-corrected chi connectivity index (χ3v) is 2.19. The molecular formula is C7H12N4O3. The van der Waals surface area contributed by atoms with Crippen LogP contribution in [0, 0.1) is 0 Å². The zero-order valence-corrected chi connectivity index (χ0v) is 7.57. The molecular weight excluding hydrogens is 188 g/mol. The van der Waals surface area contributed by atoms with Crippen LogP contribution < -0.4 is 0 Å². The maximum atomic E-state index is 10.6. The standard InChI is InChI=1S/C7H12N4O3/c8-10-9-5-1-2-11(7(13)14)4-6(12)3-5/h5-6,12H,1-4H2,(H,13,14). The normalized spacial score (nSPS) is 27.6. The molecule has 2 atom stereocenters. The summed E-state index contributed by atoms with van der Waals surface area (Å²) in [5.74, 6) is 0. The maximum absolute atomic E-state index is 10.6. The van der Waals surface area contributed by atoms with Crippen molar-refractivity contribution in [1.29, 1.82) is 0 Å². The highest BCUT2D eigenvalue weighted by Gasteiger charge is 2.24. The fraction of sp³-hybridized carbons (Fsp3) is 0.857. The van der Waals surface area contributed by atoms with Crippen LogP contribution in [0.1, 0.15) is 12.8 Å². The second-order valence-electron chi connectivity index (χ2n) is 3.27. The Morgan fingerprint density at radius 2 is 2.36 bits per heavy atom. The lowest BCUT2D eigenvalue weighted by atomic mass is 10.1. The molecule has 14 heavy (non-hydrogen) atoms. The van der Waals surface area contributed by atoms with Gasteiger partial charge < -0.3 is 15.1 Å². The highest BCUT2D eigenvalue weighted by molar-refractivity contribution is 5.65. The summed E-state index contributed by atoms with van der Waals surface area (Å²) in [6.45, 7) is 0.392. The number of nitrogens with zero attached hydrogens (tertiary/aromatic N) is 4. The Hall–Kier alpha value is -1.46. The minimum atomic E-state index is -1.05. The van der Waals surface area contributed by atoms with E-state index in [9.17, 15) is 9.90 Å². The quantitative estimate of drug-likeness (QED) is 0.371. The molecule has 2 unspecified atom stereocenters. The van der Waals surface area contributed by atoms with E-state index >= 15 is 0 Å². The van der Waals surface area contributed by atoms with Gasteiger partial charge in [0.2, 0.25) is 0 Å². The smallest absolute Gasteiger partial charge is 0.407 e. The number of azide groups is 1. The number of carbonyl (C=O) groups is 1. The van der Waals surface area contributed by atoms with Crippen LogP contribution in [0.4, 0.5) is 4.79 Å². The van der Waals surface area contributed by atoms with Crippen molar-refractivity contribution in [2.24, 2.45) is 5.11 Å². The first kappa shape index (κ1) is 10.6. The monoisotopic (exact) mass is 200 g/mol. The Morgan fingerprint density at radius 1 is 1.64 bits per heavy atom. The van der Waals surface area contributed by atoms with Crippen molar-refractivity contribution in [2.75, 3.05) is 13.1 Å². The van der Waals surface area contributed by atoms with Gasteiger partial charge in [0.1, 0.15) is 0 Å². The molecule has 1 heterocycles. The van der Waals surface area contributed by atoms with Crippen molar-refractivity contribution in [1.82, 2.24) is 4.90 Å². The fourth-order valence-electron chi connectivity index (χ4n) is 1.51. The Balaban J connectivity index is 2.61. The molecule has 7 heteroatoms. The summed E-state index contributed by atoms with van der Waals surface area (Å²) in [4.78, 5) is 14.4. The van der Waals surface area contributed by atoms with E-state index in [-0.39, 0.29) is 12.6 Å². The number of hydrogen-bond acceptors (Lipinski definition) is 3. The van der Waals surface area contributed by atoms with Gasteiger partial charge in [-0.25, -0.2) is 4.79 Å². The van der Waals surface area contributed by atoms with Gasteiger partial charge in [-0.3, -0.25) is 0 Å². The fourth-order valence-corrected chi connectivity index (χ4v) is 1.51. The van der Waals surface area contributed by atoms with Crippen molar-refractivity contribution in [3.63, 3.8) is 0 Å². The highest BCUT2D eigenvalue weighted by Crippen LogP contribution is 2.14. The molecule has 78 valence electrons. The predicted molar refractivity (Wildman–Crippen MR) is 47.8 cm³/mol. The molecule has 0 aromatic heterocycles. The second-order valence-corrected chi connectivity index (χ2v) is 3.27. The summed E-state index contributed by atoms with van der Waals surface area (Å²) < 4.78 is 0. The molecule has 1 aliphatic heterocycles. The number of likely N-dealkylation sites (tertiary alicyclic amines) is 1. The summed E-state index contributed by atoms with van der Waals surface area (Å²) in [6.07, 6.45) is -1.00. The third-order valence-electron chi connectivity index (χ3n) is 2.19. The first-order chi connectivity index (χ1) is 6.63. The largest absolute Gasteiger partial charge is 0.465 e. The van der Waals surface area contributed by atoms with Crippen LogP contribution in [-0.4, -0.2) is 46.4 Å². The molecule has 0 aromatic carbocycles. The number of hydrogen-bond donors (Lipinski definition) is 2. The van der Waals surface area contributed by atoms with Crippen LogP contribution in [0.3, 0.4) is 0 Å². The predicted octanol–water partition coefficient (Wildman–Crippen LogP) is 0.800. The van der Waals surface area contributed by atoms with Gasteiger partial charge in [-0.15, -0.1) is 0 Å². The molecule has 1 saturated heterocycles. The van der Waals surface area contributed by atoms with Gasteiger partial charge in [-0.1, -0.05) is 5.11 Å². The average molecular weight is 200 g/mol. The van der Waals surface area contributed by atoms with Gasteiger partial charge in [0.05, 0.1) is 6.10 Å². The number of rotatable bonds is 1. The van der Waals surface area contributed by atoms with Crippen LogP contribution in [0.5, 0.6) is 0 Å². The van der Waals surface area contributed by atoms with E-state index < -0.39 is 12.2 Å². The molecule has 0 aliphatic carbocycles. The molecule has 0 spiro atoms. The minimum Gasteiger partial charge on any atom is -0.465 e. The SMILES string of the molecule is [N-]=[N+]=NC1CCN(C(=O)O)CC(O)C1. The Bertz CT molecular complexity index is 252. The molecule has 0 aromatic rings. The van der Waals surface area contributed by atoms with Gasteiger partial charge in [0.25, 0.3) is 0 Å². The first-order valence-electron chi connectivity index (χ1n) is 4.33. The zero-order valence-electron chi connectivity index (χ0n) is 7.57. The van der Waals surface area contributed by atoms with E-state index in [4.69, 9.17) is 10.6 Å². The molecule has 1 amide bonds. The lowest BCUT2D eigenvalue weighted by Gasteiger charge is -2.17. The van der Waals surface area contributed by atoms with Crippen LogP contribution in [0.25, 0.3) is 10.4 Å². The molecule has 0 radical (unpaired) electrons. The van der Waals surface area contributed by atoms with Gasteiger partial charge in [0.15, 0.2) is 0 Å². The molecule has 1 rings (SSSR count). The lowest BCUT2D eigenvalue weighted by Crippen LogP contribution is -2.35. The van der Waals surface area contributed by atoms with E-state index in [2.05, 4.69) is 10.0 Å².